The van der Waals surface area contributed by atoms with Crippen molar-refractivity contribution < 1.29 is 14.6 Å². The molecule has 2 heterocycles. The van der Waals surface area contributed by atoms with Gasteiger partial charge in [-0.3, -0.25) is 9.69 Å². The summed E-state index contributed by atoms with van der Waals surface area (Å²) in [4.78, 5) is 14.8. The highest BCUT2D eigenvalue weighted by atomic mass is 16.5. The first-order valence-corrected chi connectivity index (χ1v) is 10.1. The van der Waals surface area contributed by atoms with Crippen molar-refractivity contribution in [3.63, 3.8) is 0 Å². The molecule has 0 spiro atoms. The summed E-state index contributed by atoms with van der Waals surface area (Å²) in [5.41, 5.74) is 4.52. The van der Waals surface area contributed by atoms with E-state index in [2.05, 4.69) is 40.5 Å². The van der Waals surface area contributed by atoms with Gasteiger partial charge >= 0.3 is 0 Å². The fourth-order valence-electron chi connectivity index (χ4n) is 4.12. The van der Waals surface area contributed by atoms with Crippen LogP contribution in [0.5, 0.6) is 0 Å². The third kappa shape index (κ3) is 4.61. The summed E-state index contributed by atoms with van der Waals surface area (Å²) in [7, 11) is 0. The molecule has 5 heteroatoms. The molecule has 5 nitrogen and oxygen atoms in total. The van der Waals surface area contributed by atoms with E-state index in [9.17, 15) is 9.90 Å². The lowest BCUT2D eigenvalue weighted by atomic mass is 9.96. The van der Waals surface area contributed by atoms with Gasteiger partial charge in [0, 0.05) is 44.3 Å². The van der Waals surface area contributed by atoms with E-state index in [1.165, 1.54) is 11.1 Å². The molecule has 4 rings (SSSR count). The Kier molecular flexibility index (Phi) is 6.05. The molecule has 28 heavy (non-hydrogen) atoms. The monoisotopic (exact) mass is 380 g/mol. The standard InChI is InChI=1S/C23H28N2O3/c26-22(15-25-10-8-17-4-1-2-5-20(17)14-25)13-24-23(27)19-7-3-6-18(12-19)21-9-11-28-16-21/h1-7,12,21-22,26H,8-11,13-16H2,(H,24,27). The van der Waals surface area contributed by atoms with Gasteiger partial charge in [-0.1, -0.05) is 36.4 Å². The van der Waals surface area contributed by atoms with Crippen molar-refractivity contribution in [3.8, 4) is 0 Å². The maximum absolute atomic E-state index is 12.5. The van der Waals surface area contributed by atoms with E-state index < -0.39 is 6.10 Å². The number of carbonyl (C=O) groups excluding carboxylic acids is 1. The van der Waals surface area contributed by atoms with Crippen molar-refractivity contribution in [2.45, 2.75) is 31.4 Å². The van der Waals surface area contributed by atoms with E-state index in [-0.39, 0.29) is 12.5 Å². The minimum Gasteiger partial charge on any atom is -0.390 e. The van der Waals surface area contributed by atoms with Crippen LogP contribution >= 0.6 is 0 Å². The smallest absolute Gasteiger partial charge is 0.251 e. The molecule has 2 N–H and O–H groups in total. The van der Waals surface area contributed by atoms with Crippen molar-refractivity contribution in [3.05, 3.63) is 70.8 Å². The summed E-state index contributed by atoms with van der Waals surface area (Å²) >= 11 is 0. The van der Waals surface area contributed by atoms with Crippen LogP contribution in [0.25, 0.3) is 0 Å². The molecule has 2 aromatic rings. The molecular formula is C23H28N2O3. The second-order valence-electron chi connectivity index (χ2n) is 7.80. The Morgan fingerprint density at radius 2 is 2.07 bits per heavy atom. The number of hydrogen-bond donors (Lipinski definition) is 2. The summed E-state index contributed by atoms with van der Waals surface area (Å²) in [5.74, 6) is 0.240. The molecule has 2 atom stereocenters. The normalized spacial score (nSPS) is 20.5. The fraction of sp³-hybridized carbons (Fsp3) is 0.435. The Bertz CT molecular complexity index is 817. The number of benzene rings is 2. The summed E-state index contributed by atoms with van der Waals surface area (Å²) in [6, 6.07) is 16.2. The predicted octanol–water partition coefficient (Wildman–Crippen LogP) is 2.34. The zero-order valence-electron chi connectivity index (χ0n) is 16.1. The molecule has 1 saturated heterocycles. The van der Waals surface area contributed by atoms with Crippen LogP contribution in [0.3, 0.4) is 0 Å². The molecular weight excluding hydrogens is 352 g/mol. The summed E-state index contributed by atoms with van der Waals surface area (Å²) in [6.07, 6.45) is 1.43. The minimum atomic E-state index is -0.583. The van der Waals surface area contributed by atoms with Gasteiger partial charge in [-0.05, 0) is 41.7 Å². The Hall–Kier alpha value is -2.21. The molecule has 0 bridgehead atoms. The van der Waals surface area contributed by atoms with E-state index in [4.69, 9.17) is 4.74 Å². The van der Waals surface area contributed by atoms with Crippen molar-refractivity contribution in [1.82, 2.24) is 10.2 Å². The van der Waals surface area contributed by atoms with Gasteiger partial charge in [0.2, 0.25) is 0 Å². The maximum atomic E-state index is 12.5. The third-order valence-electron chi connectivity index (χ3n) is 5.73. The van der Waals surface area contributed by atoms with Crippen LogP contribution in [0, 0.1) is 0 Å². The quantitative estimate of drug-likeness (QED) is 0.808. The predicted molar refractivity (Wildman–Crippen MR) is 108 cm³/mol. The largest absolute Gasteiger partial charge is 0.390 e. The van der Waals surface area contributed by atoms with Crippen LogP contribution in [0.1, 0.15) is 39.4 Å². The van der Waals surface area contributed by atoms with Crippen molar-refractivity contribution >= 4 is 5.91 Å². The van der Waals surface area contributed by atoms with Crippen LogP contribution < -0.4 is 5.32 Å². The van der Waals surface area contributed by atoms with Crippen LogP contribution in [0.4, 0.5) is 0 Å². The van der Waals surface area contributed by atoms with Gasteiger partial charge < -0.3 is 15.2 Å². The zero-order chi connectivity index (χ0) is 19.3. The number of nitrogens with one attached hydrogen (secondary N) is 1. The average molecular weight is 380 g/mol. The number of hydrogen-bond acceptors (Lipinski definition) is 4. The Morgan fingerprint density at radius 3 is 2.89 bits per heavy atom. The molecule has 0 aliphatic carbocycles. The minimum absolute atomic E-state index is 0.135. The van der Waals surface area contributed by atoms with Crippen molar-refractivity contribution in [2.24, 2.45) is 0 Å². The van der Waals surface area contributed by atoms with Crippen LogP contribution in [0.15, 0.2) is 48.5 Å². The number of β-amino-alcohol motifs (C(OH)–C–C–N with tert-alkyl or cyclic N) is 1. The molecule has 0 saturated carbocycles. The molecule has 0 radical (unpaired) electrons. The lowest BCUT2D eigenvalue weighted by Gasteiger charge is -2.30. The summed E-state index contributed by atoms with van der Waals surface area (Å²) in [5, 5.41) is 13.3. The first-order valence-electron chi connectivity index (χ1n) is 10.1. The second kappa shape index (κ2) is 8.86. The molecule has 2 aliphatic rings. The lowest BCUT2D eigenvalue weighted by molar-refractivity contribution is 0.0841. The van der Waals surface area contributed by atoms with Gasteiger partial charge in [0.1, 0.15) is 0 Å². The van der Waals surface area contributed by atoms with Crippen LogP contribution in [-0.4, -0.2) is 54.9 Å². The van der Waals surface area contributed by atoms with Gasteiger partial charge in [-0.2, -0.15) is 0 Å². The van der Waals surface area contributed by atoms with Gasteiger partial charge in [0.25, 0.3) is 5.91 Å². The number of aliphatic hydroxyl groups excluding tert-OH is 1. The van der Waals surface area contributed by atoms with Crippen LogP contribution in [-0.2, 0) is 17.7 Å². The number of ether oxygens (including phenoxy) is 1. The summed E-state index contributed by atoms with van der Waals surface area (Å²) in [6.45, 7) is 4.12. The van der Waals surface area contributed by atoms with Gasteiger partial charge in [0.05, 0.1) is 12.7 Å². The number of aliphatic hydroxyl groups is 1. The number of fused-ring (bicyclic) bond motifs is 1. The van der Waals surface area contributed by atoms with Gasteiger partial charge in [0.15, 0.2) is 0 Å². The first kappa shape index (κ1) is 19.1. The lowest BCUT2D eigenvalue weighted by Crippen LogP contribution is -2.42. The number of amides is 1. The summed E-state index contributed by atoms with van der Waals surface area (Å²) < 4.78 is 5.45. The molecule has 0 aromatic heterocycles. The van der Waals surface area contributed by atoms with E-state index in [1.807, 2.05) is 18.2 Å². The molecule has 1 amide bonds. The fourth-order valence-corrected chi connectivity index (χ4v) is 4.12. The van der Waals surface area contributed by atoms with Crippen LogP contribution in [0.2, 0.25) is 0 Å². The van der Waals surface area contributed by atoms with Gasteiger partial charge in [-0.25, -0.2) is 0 Å². The molecule has 148 valence electrons. The zero-order valence-corrected chi connectivity index (χ0v) is 16.1. The topological polar surface area (TPSA) is 61.8 Å². The maximum Gasteiger partial charge on any atom is 0.251 e. The van der Waals surface area contributed by atoms with E-state index in [0.717, 1.165) is 44.7 Å². The third-order valence-corrected chi connectivity index (χ3v) is 5.73. The second-order valence-corrected chi connectivity index (χ2v) is 7.80. The van der Waals surface area contributed by atoms with E-state index in [0.29, 0.717) is 18.0 Å². The highest BCUT2D eigenvalue weighted by molar-refractivity contribution is 5.94. The Balaban J connectivity index is 1.27. The molecule has 1 fully saturated rings. The molecule has 2 aromatic carbocycles. The number of nitrogens with zero attached hydrogens (tertiary/aromatic N) is 1. The molecule has 2 unspecified atom stereocenters. The van der Waals surface area contributed by atoms with Gasteiger partial charge in [-0.15, -0.1) is 0 Å². The van der Waals surface area contributed by atoms with Crippen molar-refractivity contribution in [2.75, 3.05) is 32.8 Å². The Labute approximate surface area is 166 Å². The molecule has 2 aliphatic heterocycles. The number of carbonyl (C=O) groups is 1. The van der Waals surface area contributed by atoms with E-state index in [1.54, 1.807) is 0 Å². The van der Waals surface area contributed by atoms with E-state index >= 15 is 0 Å². The SMILES string of the molecule is O=C(NCC(O)CN1CCc2ccccc2C1)c1cccc(C2CCOC2)c1. The number of rotatable bonds is 6. The highest BCUT2D eigenvalue weighted by Crippen LogP contribution is 2.25. The Morgan fingerprint density at radius 1 is 1.21 bits per heavy atom. The first-order chi connectivity index (χ1) is 13.7. The average Bonchev–Trinajstić information content (AvgIpc) is 3.27. The highest BCUT2D eigenvalue weighted by Gasteiger charge is 2.20. The van der Waals surface area contributed by atoms with Crippen molar-refractivity contribution in [1.29, 1.82) is 0 Å².